The molecule has 0 fully saturated rings. The quantitative estimate of drug-likeness (QED) is 0.502. The predicted octanol–water partition coefficient (Wildman–Crippen LogP) is 1.79. The van der Waals surface area contributed by atoms with Crippen LogP contribution in [0.2, 0.25) is 0 Å². The van der Waals surface area contributed by atoms with Crippen molar-refractivity contribution in [3.63, 3.8) is 0 Å². The molecule has 0 bridgehead atoms. The molecule has 2 nitrogen and oxygen atoms in total. The van der Waals surface area contributed by atoms with Gasteiger partial charge >= 0.3 is 0 Å². The SMILES string of the molecule is O=CC1CSc2ccccc2C1=O. The predicted molar refractivity (Wildman–Crippen MR) is 51.1 cm³/mol. The fraction of sp³-hybridized carbons (Fsp3) is 0.200. The number of fused-ring (bicyclic) bond motifs is 1. The minimum absolute atomic E-state index is 0.0376. The molecule has 1 aromatic rings. The third-order valence-electron chi connectivity index (χ3n) is 2.07. The molecule has 0 spiro atoms. The lowest BCUT2D eigenvalue weighted by atomic mass is 10.00. The molecule has 3 heteroatoms. The van der Waals surface area contributed by atoms with E-state index in [1.165, 1.54) is 0 Å². The van der Waals surface area contributed by atoms with E-state index in [1.807, 2.05) is 18.2 Å². The maximum absolute atomic E-state index is 11.6. The maximum Gasteiger partial charge on any atom is 0.174 e. The number of ketones is 1. The smallest absolute Gasteiger partial charge is 0.174 e. The summed E-state index contributed by atoms with van der Waals surface area (Å²) in [4.78, 5) is 23.1. The van der Waals surface area contributed by atoms with E-state index in [9.17, 15) is 9.59 Å². The van der Waals surface area contributed by atoms with Gasteiger partial charge in [-0.2, -0.15) is 0 Å². The van der Waals surface area contributed by atoms with Gasteiger partial charge in [-0.05, 0) is 6.07 Å². The molecule has 0 radical (unpaired) electrons. The summed E-state index contributed by atoms with van der Waals surface area (Å²) >= 11 is 1.57. The Kier molecular flexibility index (Phi) is 2.19. The van der Waals surface area contributed by atoms with Crippen LogP contribution in [0.5, 0.6) is 0 Å². The summed E-state index contributed by atoms with van der Waals surface area (Å²) in [5.41, 5.74) is 0.691. The Hall–Kier alpha value is -1.09. The van der Waals surface area contributed by atoms with E-state index in [-0.39, 0.29) is 5.78 Å². The number of hydrogen-bond acceptors (Lipinski definition) is 3. The van der Waals surface area contributed by atoms with Crippen molar-refractivity contribution >= 4 is 23.8 Å². The molecule has 66 valence electrons. The average Bonchev–Trinajstić information content (AvgIpc) is 2.19. The van der Waals surface area contributed by atoms with E-state index < -0.39 is 5.92 Å². The van der Waals surface area contributed by atoms with Crippen LogP contribution in [0.15, 0.2) is 29.2 Å². The van der Waals surface area contributed by atoms with Gasteiger partial charge in [-0.1, -0.05) is 18.2 Å². The molecular weight excluding hydrogens is 184 g/mol. The van der Waals surface area contributed by atoms with E-state index in [1.54, 1.807) is 17.8 Å². The molecule has 1 atom stereocenters. The van der Waals surface area contributed by atoms with Crippen molar-refractivity contribution in [2.24, 2.45) is 5.92 Å². The van der Waals surface area contributed by atoms with Gasteiger partial charge in [0, 0.05) is 16.2 Å². The minimum atomic E-state index is -0.445. The number of aldehydes is 1. The first-order valence-electron chi connectivity index (χ1n) is 4.04. The minimum Gasteiger partial charge on any atom is -0.303 e. The summed E-state index contributed by atoms with van der Waals surface area (Å²) in [7, 11) is 0. The Bertz CT molecular complexity index is 360. The molecule has 0 aliphatic carbocycles. The van der Waals surface area contributed by atoms with E-state index in [4.69, 9.17) is 0 Å². The number of thioether (sulfide) groups is 1. The third-order valence-corrected chi connectivity index (χ3v) is 3.26. The van der Waals surface area contributed by atoms with Crippen molar-refractivity contribution in [2.75, 3.05) is 5.75 Å². The molecule has 1 unspecified atom stereocenters. The third kappa shape index (κ3) is 1.40. The van der Waals surface area contributed by atoms with Gasteiger partial charge in [0.05, 0.1) is 5.92 Å². The summed E-state index contributed by atoms with van der Waals surface area (Å²) in [6.07, 6.45) is 0.741. The van der Waals surface area contributed by atoms with Gasteiger partial charge in [0.1, 0.15) is 6.29 Å². The second-order valence-corrected chi connectivity index (χ2v) is 3.98. The Morgan fingerprint density at radius 1 is 1.38 bits per heavy atom. The van der Waals surface area contributed by atoms with Gasteiger partial charge in [0.15, 0.2) is 5.78 Å². The van der Waals surface area contributed by atoms with Crippen molar-refractivity contribution in [2.45, 2.75) is 4.90 Å². The molecule has 1 aromatic carbocycles. The fourth-order valence-electron chi connectivity index (χ4n) is 1.35. The highest BCUT2D eigenvalue weighted by Gasteiger charge is 2.26. The molecular formula is C10H8O2S. The standard InChI is InChI=1S/C10H8O2S/c11-5-7-6-13-9-4-2-1-3-8(9)10(7)12/h1-5,7H,6H2. The van der Waals surface area contributed by atoms with E-state index in [2.05, 4.69) is 0 Å². The van der Waals surface area contributed by atoms with Crippen molar-refractivity contribution < 1.29 is 9.59 Å². The molecule has 0 N–H and O–H groups in total. The van der Waals surface area contributed by atoms with Crippen molar-refractivity contribution in [1.82, 2.24) is 0 Å². The molecule has 0 amide bonds. The van der Waals surface area contributed by atoms with Crippen LogP contribution in [-0.2, 0) is 4.79 Å². The lowest BCUT2D eigenvalue weighted by Crippen LogP contribution is -2.23. The summed E-state index contributed by atoms with van der Waals surface area (Å²) in [6.45, 7) is 0. The second-order valence-electron chi connectivity index (χ2n) is 2.91. The summed E-state index contributed by atoms with van der Waals surface area (Å²) in [6, 6.07) is 7.42. The average molecular weight is 192 g/mol. The number of rotatable bonds is 1. The van der Waals surface area contributed by atoms with Gasteiger partial charge in [0.2, 0.25) is 0 Å². The van der Waals surface area contributed by atoms with Gasteiger partial charge in [0.25, 0.3) is 0 Å². The van der Waals surface area contributed by atoms with Crippen molar-refractivity contribution in [3.8, 4) is 0 Å². The molecule has 1 aliphatic rings. The molecule has 0 saturated heterocycles. The molecule has 0 aromatic heterocycles. The van der Waals surface area contributed by atoms with Gasteiger partial charge < -0.3 is 4.79 Å². The first-order valence-corrected chi connectivity index (χ1v) is 5.03. The Morgan fingerprint density at radius 3 is 2.92 bits per heavy atom. The lowest BCUT2D eigenvalue weighted by Gasteiger charge is -2.17. The van der Waals surface area contributed by atoms with E-state index in [0.29, 0.717) is 11.3 Å². The largest absolute Gasteiger partial charge is 0.303 e. The van der Waals surface area contributed by atoms with Crippen LogP contribution in [0.1, 0.15) is 10.4 Å². The Morgan fingerprint density at radius 2 is 2.15 bits per heavy atom. The molecule has 13 heavy (non-hydrogen) atoms. The van der Waals surface area contributed by atoms with Gasteiger partial charge in [-0.15, -0.1) is 11.8 Å². The van der Waals surface area contributed by atoms with Crippen LogP contribution in [0, 0.1) is 5.92 Å². The van der Waals surface area contributed by atoms with E-state index in [0.717, 1.165) is 11.2 Å². The normalized spacial score (nSPS) is 20.9. The maximum atomic E-state index is 11.6. The highest BCUT2D eigenvalue weighted by atomic mass is 32.2. The van der Waals surface area contributed by atoms with Gasteiger partial charge in [-0.3, -0.25) is 4.79 Å². The molecule has 0 saturated carbocycles. The first-order chi connectivity index (χ1) is 6.33. The highest BCUT2D eigenvalue weighted by Crippen LogP contribution is 2.31. The zero-order chi connectivity index (χ0) is 9.26. The zero-order valence-corrected chi connectivity index (χ0v) is 7.71. The van der Waals surface area contributed by atoms with Crippen LogP contribution in [0.4, 0.5) is 0 Å². The first kappa shape index (κ1) is 8.51. The molecule has 2 rings (SSSR count). The van der Waals surface area contributed by atoms with Crippen molar-refractivity contribution in [1.29, 1.82) is 0 Å². The summed E-state index contributed by atoms with van der Waals surface area (Å²) < 4.78 is 0. The summed E-state index contributed by atoms with van der Waals surface area (Å²) in [5.74, 6) is 0.101. The fourth-order valence-corrected chi connectivity index (χ4v) is 2.44. The van der Waals surface area contributed by atoms with E-state index >= 15 is 0 Å². The topological polar surface area (TPSA) is 34.1 Å². The highest BCUT2D eigenvalue weighted by molar-refractivity contribution is 7.99. The lowest BCUT2D eigenvalue weighted by molar-refractivity contribution is -0.109. The van der Waals surface area contributed by atoms with Crippen LogP contribution >= 0.6 is 11.8 Å². The van der Waals surface area contributed by atoms with Crippen molar-refractivity contribution in [3.05, 3.63) is 29.8 Å². The second kappa shape index (κ2) is 3.34. The van der Waals surface area contributed by atoms with Crippen LogP contribution < -0.4 is 0 Å². The number of Topliss-reactive ketones (excluding diaryl/α,β-unsaturated/α-hetero) is 1. The zero-order valence-electron chi connectivity index (χ0n) is 6.90. The number of hydrogen-bond donors (Lipinski definition) is 0. The van der Waals surface area contributed by atoms with Crippen LogP contribution in [-0.4, -0.2) is 17.8 Å². The Balaban J connectivity index is 2.45. The van der Waals surface area contributed by atoms with Crippen LogP contribution in [0.3, 0.4) is 0 Å². The summed E-state index contributed by atoms with van der Waals surface area (Å²) in [5, 5.41) is 0. The molecule has 1 aliphatic heterocycles. The number of benzene rings is 1. The van der Waals surface area contributed by atoms with Crippen LogP contribution in [0.25, 0.3) is 0 Å². The number of carbonyl (C=O) groups is 2. The monoisotopic (exact) mass is 192 g/mol. The Labute approximate surface area is 80.3 Å². The number of carbonyl (C=O) groups excluding carboxylic acids is 2. The van der Waals surface area contributed by atoms with Gasteiger partial charge in [-0.25, -0.2) is 0 Å². The molecule has 1 heterocycles.